The summed E-state index contributed by atoms with van der Waals surface area (Å²) >= 11 is 0. The summed E-state index contributed by atoms with van der Waals surface area (Å²) in [4.78, 5) is 27.1. The van der Waals surface area contributed by atoms with Gasteiger partial charge in [-0.3, -0.25) is 19.2 Å². The Bertz CT molecular complexity index is 791. The molecule has 2 N–H and O–H groups in total. The fourth-order valence-electron chi connectivity index (χ4n) is 5.31. The molecular weight excluding hydrogens is 382 g/mol. The molecule has 0 unspecified atom stereocenters. The summed E-state index contributed by atoms with van der Waals surface area (Å²) in [7, 11) is 0. The van der Waals surface area contributed by atoms with Crippen LogP contribution in [0.5, 0.6) is 0 Å². The first-order valence-electron chi connectivity index (χ1n) is 11.3. The number of hydrogen-bond acceptors (Lipinski definition) is 5. The number of fused-ring (bicyclic) bond motifs is 1. The summed E-state index contributed by atoms with van der Waals surface area (Å²) in [5.41, 5.74) is 0.457. The molecule has 3 saturated heterocycles. The highest BCUT2D eigenvalue weighted by Crippen LogP contribution is 2.54. The van der Waals surface area contributed by atoms with E-state index >= 15 is 0 Å². The summed E-state index contributed by atoms with van der Waals surface area (Å²) in [6.45, 7) is 11.7. The quantitative estimate of drug-likeness (QED) is 0.668. The average Bonchev–Trinajstić information content (AvgIpc) is 3.43. The summed E-state index contributed by atoms with van der Waals surface area (Å²) in [6.07, 6.45) is 5.73. The molecule has 1 aromatic rings. The predicted molar refractivity (Wildman–Crippen MR) is 113 cm³/mol. The van der Waals surface area contributed by atoms with Crippen LogP contribution in [0.2, 0.25) is 0 Å². The highest BCUT2D eigenvalue weighted by atomic mass is 16.5. The van der Waals surface area contributed by atoms with Gasteiger partial charge in [0.05, 0.1) is 30.0 Å². The lowest BCUT2D eigenvalue weighted by molar-refractivity contribution is -0.122. The third-order valence-electron chi connectivity index (χ3n) is 6.82. The first kappa shape index (κ1) is 21.3. The van der Waals surface area contributed by atoms with Gasteiger partial charge in [0.25, 0.3) is 5.91 Å². The topological polar surface area (TPSA) is 88.5 Å². The molecule has 8 heteroatoms. The van der Waals surface area contributed by atoms with Crippen molar-refractivity contribution in [3.8, 4) is 0 Å². The molecule has 3 aliphatic heterocycles. The number of aromatic nitrogens is 2. The highest BCUT2D eigenvalue weighted by molar-refractivity contribution is 5.93. The van der Waals surface area contributed by atoms with E-state index in [1.807, 2.05) is 13.8 Å². The highest BCUT2D eigenvalue weighted by Gasteiger charge is 2.62. The van der Waals surface area contributed by atoms with E-state index in [9.17, 15) is 9.59 Å². The largest absolute Gasteiger partial charge is 0.370 e. The monoisotopic (exact) mass is 417 g/mol. The maximum atomic E-state index is 12.6. The normalized spacial score (nSPS) is 30.3. The molecule has 0 aromatic carbocycles. The molecule has 1 aromatic heterocycles. The Morgan fingerprint density at radius 3 is 2.80 bits per heavy atom. The Balaban J connectivity index is 1.33. The molecule has 4 heterocycles. The van der Waals surface area contributed by atoms with Gasteiger partial charge >= 0.3 is 0 Å². The average molecular weight is 418 g/mol. The van der Waals surface area contributed by atoms with Crippen LogP contribution in [0.1, 0.15) is 56.9 Å². The van der Waals surface area contributed by atoms with Gasteiger partial charge < -0.3 is 15.4 Å². The Kier molecular flexibility index (Phi) is 5.90. The second kappa shape index (κ2) is 8.30. The van der Waals surface area contributed by atoms with Crippen LogP contribution in [0.15, 0.2) is 12.4 Å². The van der Waals surface area contributed by atoms with Crippen LogP contribution < -0.4 is 10.6 Å². The van der Waals surface area contributed by atoms with Crippen molar-refractivity contribution in [2.24, 2.45) is 17.8 Å². The third-order valence-corrected chi connectivity index (χ3v) is 6.82. The van der Waals surface area contributed by atoms with Crippen molar-refractivity contribution in [2.45, 2.75) is 58.3 Å². The lowest BCUT2D eigenvalue weighted by Gasteiger charge is -2.29. The maximum Gasteiger partial charge on any atom is 0.254 e. The van der Waals surface area contributed by atoms with Crippen molar-refractivity contribution >= 4 is 11.8 Å². The number of likely N-dealkylation sites (tertiary alicyclic amines) is 1. The van der Waals surface area contributed by atoms with Crippen molar-refractivity contribution in [1.29, 1.82) is 0 Å². The number of amides is 2. The van der Waals surface area contributed by atoms with E-state index in [-0.39, 0.29) is 29.6 Å². The van der Waals surface area contributed by atoms with Gasteiger partial charge in [-0.15, -0.1) is 0 Å². The smallest absolute Gasteiger partial charge is 0.254 e. The molecular formula is C22H35N5O3. The molecule has 3 fully saturated rings. The second-order valence-corrected chi connectivity index (χ2v) is 9.91. The minimum atomic E-state index is -0.138. The molecule has 0 aliphatic carbocycles. The molecule has 166 valence electrons. The van der Waals surface area contributed by atoms with Gasteiger partial charge in [0.2, 0.25) is 5.91 Å². The van der Waals surface area contributed by atoms with Crippen molar-refractivity contribution in [2.75, 3.05) is 32.7 Å². The SMILES string of the molecule is CC(C)CNC(=O)CN1C[C@@H]2[C@H](CNC(=O)c3cnn(C(C)C)c3)[C@H]3CC[C@]2(C1)O3. The van der Waals surface area contributed by atoms with Crippen molar-refractivity contribution in [3.05, 3.63) is 18.0 Å². The molecule has 2 amide bonds. The first-order chi connectivity index (χ1) is 14.3. The van der Waals surface area contributed by atoms with E-state index in [2.05, 4.69) is 34.5 Å². The van der Waals surface area contributed by atoms with E-state index in [0.29, 0.717) is 43.0 Å². The summed E-state index contributed by atoms with van der Waals surface area (Å²) < 4.78 is 8.23. The summed E-state index contributed by atoms with van der Waals surface area (Å²) in [6, 6.07) is 0.229. The van der Waals surface area contributed by atoms with E-state index in [1.165, 1.54) is 0 Å². The van der Waals surface area contributed by atoms with Gasteiger partial charge in [-0.1, -0.05) is 13.8 Å². The van der Waals surface area contributed by atoms with Crippen LogP contribution in [0.25, 0.3) is 0 Å². The minimum absolute atomic E-state index is 0.0818. The first-order valence-corrected chi connectivity index (χ1v) is 11.3. The number of nitrogens with one attached hydrogen (secondary N) is 2. The molecule has 4 rings (SSSR count). The van der Waals surface area contributed by atoms with Crippen molar-refractivity contribution in [3.63, 3.8) is 0 Å². The van der Waals surface area contributed by atoms with E-state index in [1.54, 1.807) is 17.1 Å². The van der Waals surface area contributed by atoms with E-state index in [0.717, 1.165) is 25.9 Å². The molecule has 8 nitrogen and oxygen atoms in total. The molecule has 3 aliphatic rings. The Labute approximate surface area is 178 Å². The number of ether oxygens (including phenoxy) is 1. The van der Waals surface area contributed by atoms with Crippen LogP contribution in [0.3, 0.4) is 0 Å². The Morgan fingerprint density at radius 1 is 1.30 bits per heavy atom. The van der Waals surface area contributed by atoms with Gasteiger partial charge in [0.15, 0.2) is 0 Å². The zero-order valence-electron chi connectivity index (χ0n) is 18.6. The fourth-order valence-corrected chi connectivity index (χ4v) is 5.31. The van der Waals surface area contributed by atoms with Gasteiger partial charge in [0, 0.05) is 50.3 Å². The van der Waals surface area contributed by atoms with E-state index < -0.39 is 0 Å². The molecule has 30 heavy (non-hydrogen) atoms. The maximum absolute atomic E-state index is 12.6. The van der Waals surface area contributed by atoms with Crippen molar-refractivity contribution in [1.82, 2.24) is 25.3 Å². The van der Waals surface area contributed by atoms with Gasteiger partial charge in [-0.25, -0.2) is 0 Å². The van der Waals surface area contributed by atoms with Gasteiger partial charge in [-0.05, 0) is 32.6 Å². The standard InChI is InChI=1S/C22H35N5O3/c1-14(2)7-23-20(28)12-26-11-18-17(19-5-6-22(18,13-26)30-19)9-24-21(29)16-8-25-27(10-16)15(3)4/h8,10,14-15,17-19H,5-7,9,11-13H2,1-4H3,(H,23,28)(H,24,29)/t17-,18+,19+,22+/m0/s1. The zero-order valence-corrected chi connectivity index (χ0v) is 18.6. The lowest BCUT2D eigenvalue weighted by Crippen LogP contribution is -2.41. The molecule has 1 spiro atoms. The van der Waals surface area contributed by atoms with E-state index in [4.69, 9.17) is 4.74 Å². The van der Waals surface area contributed by atoms with Crippen LogP contribution in [-0.4, -0.2) is 70.9 Å². The number of carbonyl (C=O) groups is 2. The van der Waals surface area contributed by atoms with Crippen LogP contribution in [0, 0.1) is 17.8 Å². The summed E-state index contributed by atoms with van der Waals surface area (Å²) in [5, 5.41) is 10.4. The van der Waals surface area contributed by atoms with Crippen LogP contribution in [0.4, 0.5) is 0 Å². The third kappa shape index (κ3) is 4.12. The Hall–Kier alpha value is -1.93. The summed E-state index contributed by atoms with van der Waals surface area (Å²) in [5.74, 6) is 1.12. The Morgan fingerprint density at radius 2 is 2.10 bits per heavy atom. The minimum Gasteiger partial charge on any atom is -0.370 e. The molecule has 0 radical (unpaired) electrons. The van der Waals surface area contributed by atoms with Crippen molar-refractivity contribution < 1.29 is 14.3 Å². The van der Waals surface area contributed by atoms with Gasteiger partial charge in [-0.2, -0.15) is 5.10 Å². The number of hydrogen-bond donors (Lipinski definition) is 2. The number of carbonyl (C=O) groups excluding carboxylic acids is 2. The predicted octanol–water partition coefficient (Wildman–Crippen LogP) is 1.45. The number of nitrogens with zero attached hydrogens (tertiary/aromatic N) is 3. The molecule has 2 bridgehead atoms. The fraction of sp³-hybridized carbons (Fsp3) is 0.773. The number of rotatable bonds is 8. The molecule has 4 atom stereocenters. The zero-order chi connectivity index (χ0) is 21.5. The van der Waals surface area contributed by atoms with Gasteiger partial charge in [0.1, 0.15) is 0 Å². The van der Waals surface area contributed by atoms with Crippen LogP contribution in [-0.2, 0) is 9.53 Å². The molecule has 0 saturated carbocycles. The lowest BCUT2D eigenvalue weighted by atomic mass is 9.73. The van der Waals surface area contributed by atoms with Crippen LogP contribution >= 0.6 is 0 Å². The second-order valence-electron chi connectivity index (χ2n) is 9.91.